The van der Waals surface area contributed by atoms with Crippen LogP contribution < -0.4 is 0 Å². The fourth-order valence-electron chi connectivity index (χ4n) is 1.90. The molecule has 0 saturated carbocycles. The summed E-state index contributed by atoms with van der Waals surface area (Å²) in [5.74, 6) is 1.05. The molecule has 0 aliphatic carbocycles. The van der Waals surface area contributed by atoms with Crippen LogP contribution in [0.25, 0.3) is 0 Å². The summed E-state index contributed by atoms with van der Waals surface area (Å²) in [5, 5.41) is 7.76. The first-order valence-corrected chi connectivity index (χ1v) is 5.96. The molecule has 0 radical (unpaired) electrons. The Morgan fingerprint density at radius 2 is 2.24 bits per heavy atom. The van der Waals surface area contributed by atoms with Crippen LogP contribution in [0.1, 0.15) is 36.2 Å². The third-order valence-corrected chi connectivity index (χ3v) is 2.83. The number of H-pyrrole nitrogens is 1. The van der Waals surface area contributed by atoms with Crippen molar-refractivity contribution in [3.8, 4) is 0 Å². The van der Waals surface area contributed by atoms with Crippen LogP contribution in [-0.2, 0) is 15.9 Å². The van der Waals surface area contributed by atoms with E-state index in [-0.39, 0.29) is 5.82 Å². The summed E-state index contributed by atoms with van der Waals surface area (Å²) in [5.41, 5.74) is 0. The summed E-state index contributed by atoms with van der Waals surface area (Å²) in [6.45, 7) is 3.72. The van der Waals surface area contributed by atoms with E-state index in [9.17, 15) is 4.79 Å². The highest BCUT2D eigenvalue weighted by Gasteiger charge is 2.18. The number of nitrogens with zero attached hydrogens (tertiary/aromatic N) is 2. The van der Waals surface area contributed by atoms with Crippen LogP contribution in [0.4, 0.5) is 0 Å². The second kappa shape index (κ2) is 5.77. The molecule has 1 aliphatic heterocycles. The van der Waals surface area contributed by atoms with E-state index in [2.05, 4.69) is 15.2 Å². The summed E-state index contributed by atoms with van der Waals surface area (Å²) < 4.78 is 10.1. The van der Waals surface area contributed by atoms with Gasteiger partial charge in [0.1, 0.15) is 5.82 Å². The summed E-state index contributed by atoms with van der Waals surface area (Å²) in [6.07, 6.45) is 2.89. The smallest absolute Gasteiger partial charge is 0.376 e. The van der Waals surface area contributed by atoms with Crippen LogP contribution in [-0.4, -0.2) is 41.0 Å². The van der Waals surface area contributed by atoms with Crippen molar-refractivity contribution >= 4 is 5.97 Å². The number of nitrogens with one attached hydrogen (secondary N) is 1. The number of esters is 1. The van der Waals surface area contributed by atoms with Crippen molar-refractivity contribution in [2.75, 3.05) is 19.8 Å². The fourth-order valence-corrected chi connectivity index (χ4v) is 1.90. The van der Waals surface area contributed by atoms with Crippen molar-refractivity contribution in [2.45, 2.75) is 26.2 Å². The predicted octanol–water partition coefficient (Wildman–Crippen LogP) is 0.951. The van der Waals surface area contributed by atoms with E-state index < -0.39 is 5.97 Å². The Hall–Kier alpha value is -1.43. The largest absolute Gasteiger partial charge is 0.460 e. The van der Waals surface area contributed by atoms with Gasteiger partial charge in [-0.05, 0) is 25.7 Å². The summed E-state index contributed by atoms with van der Waals surface area (Å²) in [4.78, 5) is 14.3. The number of carbonyl (C=O) groups is 1. The molecule has 1 saturated heterocycles. The maximum Gasteiger partial charge on any atom is 0.376 e. The zero-order valence-corrected chi connectivity index (χ0v) is 9.94. The Morgan fingerprint density at radius 3 is 2.94 bits per heavy atom. The number of aromatic amines is 1. The lowest BCUT2D eigenvalue weighted by molar-refractivity contribution is 0.0512. The molecule has 17 heavy (non-hydrogen) atoms. The van der Waals surface area contributed by atoms with Crippen molar-refractivity contribution in [3.05, 3.63) is 11.6 Å². The third kappa shape index (κ3) is 3.26. The van der Waals surface area contributed by atoms with Crippen molar-refractivity contribution in [1.82, 2.24) is 15.2 Å². The second-order valence-electron chi connectivity index (χ2n) is 4.10. The van der Waals surface area contributed by atoms with Crippen LogP contribution in [0.5, 0.6) is 0 Å². The van der Waals surface area contributed by atoms with Crippen LogP contribution in [0, 0.1) is 5.92 Å². The topological polar surface area (TPSA) is 77.1 Å². The lowest BCUT2D eigenvalue weighted by atomic mass is 9.96. The summed E-state index contributed by atoms with van der Waals surface area (Å²) in [6, 6.07) is 0. The van der Waals surface area contributed by atoms with Crippen LogP contribution in [0.15, 0.2) is 0 Å². The quantitative estimate of drug-likeness (QED) is 0.791. The molecule has 0 bridgehead atoms. The molecule has 6 heteroatoms. The van der Waals surface area contributed by atoms with Crippen LogP contribution >= 0.6 is 0 Å². The molecule has 0 unspecified atom stereocenters. The lowest BCUT2D eigenvalue weighted by Crippen LogP contribution is -2.18. The number of hydrogen-bond donors (Lipinski definition) is 1. The molecule has 6 nitrogen and oxygen atoms in total. The molecular formula is C11H17N3O3. The number of rotatable bonds is 4. The van der Waals surface area contributed by atoms with Gasteiger partial charge in [-0.3, -0.25) is 0 Å². The maximum absolute atomic E-state index is 11.4. The van der Waals surface area contributed by atoms with Gasteiger partial charge in [-0.25, -0.2) is 4.79 Å². The molecule has 2 heterocycles. The first-order valence-electron chi connectivity index (χ1n) is 5.96. The molecule has 0 spiro atoms. The van der Waals surface area contributed by atoms with E-state index in [0.29, 0.717) is 12.5 Å². The van der Waals surface area contributed by atoms with E-state index in [0.717, 1.165) is 38.3 Å². The molecule has 0 aromatic carbocycles. The van der Waals surface area contributed by atoms with E-state index in [1.807, 2.05) is 0 Å². The molecule has 94 valence electrons. The van der Waals surface area contributed by atoms with Gasteiger partial charge < -0.3 is 14.5 Å². The molecule has 0 amide bonds. The van der Waals surface area contributed by atoms with Crippen molar-refractivity contribution in [1.29, 1.82) is 0 Å². The normalized spacial score (nSPS) is 17.0. The van der Waals surface area contributed by atoms with Crippen molar-refractivity contribution in [3.63, 3.8) is 0 Å². The van der Waals surface area contributed by atoms with Gasteiger partial charge in [0.15, 0.2) is 0 Å². The standard InChI is InChI=1S/C11H17N3O3/c1-2-17-11(15)10-12-9(13-14-10)7-8-3-5-16-6-4-8/h8H,2-7H2,1H3,(H,12,13,14). The van der Waals surface area contributed by atoms with Gasteiger partial charge in [0.25, 0.3) is 0 Å². The first-order chi connectivity index (χ1) is 8.29. The summed E-state index contributed by atoms with van der Waals surface area (Å²) in [7, 11) is 0. The van der Waals surface area contributed by atoms with Crippen LogP contribution in [0.3, 0.4) is 0 Å². The van der Waals surface area contributed by atoms with E-state index in [4.69, 9.17) is 9.47 Å². The van der Waals surface area contributed by atoms with Gasteiger partial charge in [0.05, 0.1) is 6.61 Å². The lowest BCUT2D eigenvalue weighted by Gasteiger charge is -2.20. The average molecular weight is 239 g/mol. The van der Waals surface area contributed by atoms with Crippen molar-refractivity contribution in [2.24, 2.45) is 5.92 Å². The maximum atomic E-state index is 11.4. The number of carbonyl (C=O) groups excluding carboxylic acids is 1. The van der Waals surface area contributed by atoms with Gasteiger partial charge in [-0.2, -0.15) is 0 Å². The minimum atomic E-state index is -0.446. The highest BCUT2D eigenvalue weighted by atomic mass is 16.5. The number of aromatic nitrogens is 3. The molecule has 1 fully saturated rings. The minimum Gasteiger partial charge on any atom is -0.460 e. The minimum absolute atomic E-state index is 0.189. The molecule has 1 aromatic rings. The fraction of sp³-hybridized carbons (Fsp3) is 0.727. The monoisotopic (exact) mass is 239 g/mol. The van der Waals surface area contributed by atoms with Gasteiger partial charge in [-0.15, -0.1) is 10.2 Å². The Kier molecular flexibility index (Phi) is 4.08. The summed E-state index contributed by atoms with van der Waals surface area (Å²) >= 11 is 0. The Bertz CT molecular complexity index is 372. The first kappa shape index (κ1) is 12.0. The predicted molar refractivity (Wildman–Crippen MR) is 59.6 cm³/mol. The number of ether oxygens (including phenoxy) is 2. The molecule has 2 rings (SSSR count). The van der Waals surface area contributed by atoms with E-state index in [1.54, 1.807) is 6.92 Å². The van der Waals surface area contributed by atoms with Gasteiger partial charge >= 0.3 is 5.97 Å². The molecule has 1 aromatic heterocycles. The number of hydrogen-bond acceptors (Lipinski definition) is 5. The van der Waals surface area contributed by atoms with Crippen molar-refractivity contribution < 1.29 is 14.3 Å². The highest BCUT2D eigenvalue weighted by molar-refractivity contribution is 5.84. The van der Waals surface area contributed by atoms with Gasteiger partial charge in [-0.1, -0.05) is 0 Å². The van der Waals surface area contributed by atoms with Gasteiger partial charge in [0, 0.05) is 19.6 Å². The molecule has 1 N–H and O–H groups in total. The molecular weight excluding hydrogens is 222 g/mol. The SMILES string of the molecule is CCOC(=O)c1nnc(CC2CCOCC2)[nH]1. The Labute approximate surface area is 99.7 Å². The Balaban J connectivity index is 1.91. The Morgan fingerprint density at radius 1 is 1.47 bits per heavy atom. The second-order valence-corrected chi connectivity index (χ2v) is 4.10. The van der Waals surface area contributed by atoms with Gasteiger partial charge in [0.2, 0.25) is 5.82 Å². The van der Waals surface area contributed by atoms with E-state index >= 15 is 0 Å². The molecule has 1 aliphatic rings. The third-order valence-electron chi connectivity index (χ3n) is 2.83. The highest BCUT2D eigenvalue weighted by Crippen LogP contribution is 2.18. The van der Waals surface area contributed by atoms with Crippen LogP contribution in [0.2, 0.25) is 0 Å². The zero-order chi connectivity index (χ0) is 12.1. The zero-order valence-electron chi connectivity index (χ0n) is 9.94. The van der Waals surface area contributed by atoms with E-state index in [1.165, 1.54) is 0 Å². The molecule has 0 atom stereocenters. The average Bonchev–Trinajstić information content (AvgIpc) is 2.79.